The van der Waals surface area contributed by atoms with E-state index in [2.05, 4.69) is 15.5 Å². The van der Waals surface area contributed by atoms with Gasteiger partial charge in [-0.2, -0.15) is 0 Å². The van der Waals surface area contributed by atoms with Crippen LogP contribution in [0.1, 0.15) is 32.9 Å². The van der Waals surface area contributed by atoms with Crippen LogP contribution in [0.2, 0.25) is 0 Å². The monoisotopic (exact) mass is 329 g/mol. The average molecular weight is 329 g/mol. The molecule has 0 aliphatic heterocycles. The molecule has 6 heteroatoms. The van der Waals surface area contributed by atoms with Crippen molar-refractivity contribution < 1.29 is 14.0 Å². The molecule has 1 aromatic heterocycles. The second kappa shape index (κ2) is 8.88. The third-order valence-corrected chi connectivity index (χ3v) is 3.48. The normalized spacial score (nSPS) is 10.6. The maximum atomic E-state index is 12.0. The molecule has 24 heavy (non-hydrogen) atoms. The van der Waals surface area contributed by atoms with Crippen LogP contribution in [0.25, 0.3) is 0 Å². The molecule has 6 nitrogen and oxygen atoms in total. The highest BCUT2D eigenvalue weighted by molar-refractivity contribution is 5.97. The molecule has 0 saturated heterocycles. The summed E-state index contributed by atoms with van der Waals surface area (Å²) in [4.78, 5) is 26.1. The van der Waals surface area contributed by atoms with Gasteiger partial charge in [0, 0.05) is 17.7 Å². The maximum absolute atomic E-state index is 12.0. The first kappa shape index (κ1) is 17.7. The van der Waals surface area contributed by atoms with Crippen LogP contribution in [-0.4, -0.2) is 43.9 Å². The van der Waals surface area contributed by atoms with Crippen LogP contribution < -0.4 is 10.6 Å². The molecule has 2 amide bonds. The van der Waals surface area contributed by atoms with E-state index < -0.39 is 0 Å². The predicted molar refractivity (Wildman–Crippen MR) is 91.8 cm³/mol. The fraction of sp³-hybridized carbons (Fsp3) is 0.333. The van der Waals surface area contributed by atoms with Crippen molar-refractivity contribution in [2.24, 2.45) is 0 Å². The number of rotatable bonds is 8. The summed E-state index contributed by atoms with van der Waals surface area (Å²) < 4.78 is 5.16. The SMILES string of the molecule is CN(C)CCCNC(=O)c1ccc(C(=O)NCc2ccco2)cc1. The first-order valence-corrected chi connectivity index (χ1v) is 7.90. The van der Waals surface area contributed by atoms with Crippen LogP contribution in [-0.2, 0) is 6.54 Å². The van der Waals surface area contributed by atoms with Crippen molar-refractivity contribution in [3.05, 3.63) is 59.5 Å². The Balaban J connectivity index is 1.80. The molecule has 128 valence electrons. The van der Waals surface area contributed by atoms with Crippen LogP contribution in [0.15, 0.2) is 47.1 Å². The Morgan fingerprint density at radius 2 is 1.62 bits per heavy atom. The number of carbonyl (C=O) groups is 2. The van der Waals surface area contributed by atoms with E-state index in [1.54, 1.807) is 42.7 Å². The van der Waals surface area contributed by atoms with Crippen molar-refractivity contribution in [1.29, 1.82) is 0 Å². The summed E-state index contributed by atoms with van der Waals surface area (Å²) in [6, 6.07) is 10.2. The van der Waals surface area contributed by atoms with Gasteiger partial charge in [-0.25, -0.2) is 0 Å². The molecule has 0 aliphatic rings. The van der Waals surface area contributed by atoms with Gasteiger partial charge in [-0.1, -0.05) is 0 Å². The van der Waals surface area contributed by atoms with E-state index >= 15 is 0 Å². The second-order valence-corrected chi connectivity index (χ2v) is 5.75. The van der Waals surface area contributed by atoms with Crippen molar-refractivity contribution in [3.8, 4) is 0 Å². The van der Waals surface area contributed by atoms with Crippen LogP contribution in [0.5, 0.6) is 0 Å². The zero-order chi connectivity index (χ0) is 17.4. The molecular formula is C18H23N3O3. The first-order valence-electron chi connectivity index (χ1n) is 7.90. The standard InChI is InChI=1S/C18H23N3O3/c1-21(2)11-4-10-19-17(22)14-6-8-15(9-7-14)18(23)20-13-16-5-3-12-24-16/h3,5-9,12H,4,10-11,13H2,1-2H3,(H,19,22)(H,20,23). The van der Waals surface area contributed by atoms with E-state index in [9.17, 15) is 9.59 Å². The molecule has 1 heterocycles. The van der Waals surface area contributed by atoms with Gasteiger partial charge >= 0.3 is 0 Å². The molecule has 2 aromatic rings. The molecule has 0 aliphatic carbocycles. The summed E-state index contributed by atoms with van der Waals surface area (Å²) in [5.74, 6) is 0.359. The minimum absolute atomic E-state index is 0.128. The van der Waals surface area contributed by atoms with Crippen molar-refractivity contribution in [1.82, 2.24) is 15.5 Å². The van der Waals surface area contributed by atoms with Crippen LogP contribution >= 0.6 is 0 Å². The van der Waals surface area contributed by atoms with Gasteiger partial charge in [-0.15, -0.1) is 0 Å². The number of benzene rings is 1. The lowest BCUT2D eigenvalue weighted by molar-refractivity contribution is 0.0938. The molecule has 0 fully saturated rings. The lowest BCUT2D eigenvalue weighted by atomic mass is 10.1. The smallest absolute Gasteiger partial charge is 0.251 e. The number of nitrogens with zero attached hydrogens (tertiary/aromatic N) is 1. The Hall–Kier alpha value is -2.60. The van der Waals surface area contributed by atoms with Crippen LogP contribution in [0, 0.1) is 0 Å². The van der Waals surface area contributed by atoms with E-state index in [1.165, 1.54) is 0 Å². The summed E-state index contributed by atoms with van der Waals surface area (Å²) >= 11 is 0. The third-order valence-electron chi connectivity index (χ3n) is 3.48. The molecule has 0 saturated carbocycles. The minimum atomic E-state index is -0.204. The summed E-state index contributed by atoms with van der Waals surface area (Å²) in [5, 5.41) is 5.63. The molecule has 0 unspecified atom stereocenters. The second-order valence-electron chi connectivity index (χ2n) is 5.75. The zero-order valence-electron chi connectivity index (χ0n) is 14.0. The van der Waals surface area contributed by atoms with Gasteiger partial charge in [0.1, 0.15) is 5.76 Å². The summed E-state index contributed by atoms with van der Waals surface area (Å²) in [7, 11) is 4.00. The Labute approximate surface area is 141 Å². The molecule has 0 radical (unpaired) electrons. The summed E-state index contributed by atoms with van der Waals surface area (Å²) in [6.07, 6.45) is 2.46. The number of nitrogens with one attached hydrogen (secondary N) is 2. The lowest BCUT2D eigenvalue weighted by Crippen LogP contribution is -2.27. The highest BCUT2D eigenvalue weighted by Crippen LogP contribution is 2.06. The topological polar surface area (TPSA) is 74.6 Å². The number of furan rings is 1. The number of amides is 2. The van der Waals surface area contributed by atoms with E-state index in [4.69, 9.17) is 4.42 Å². The Bertz CT molecular complexity index is 649. The predicted octanol–water partition coefficient (Wildman–Crippen LogP) is 1.89. The Morgan fingerprint density at radius 3 is 2.17 bits per heavy atom. The van der Waals surface area contributed by atoms with Crippen LogP contribution in [0.4, 0.5) is 0 Å². The van der Waals surface area contributed by atoms with Crippen molar-refractivity contribution in [2.75, 3.05) is 27.2 Å². The highest BCUT2D eigenvalue weighted by atomic mass is 16.3. The molecule has 1 aromatic carbocycles. The molecular weight excluding hydrogens is 306 g/mol. The zero-order valence-corrected chi connectivity index (χ0v) is 14.0. The van der Waals surface area contributed by atoms with Gasteiger partial charge in [-0.05, 0) is 63.5 Å². The van der Waals surface area contributed by atoms with Gasteiger partial charge in [0.25, 0.3) is 11.8 Å². The van der Waals surface area contributed by atoms with Crippen LogP contribution in [0.3, 0.4) is 0 Å². The number of hydrogen-bond donors (Lipinski definition) is 2. The Kier molecular flexibility index (Phi) is 6.57. The summed E-state index contributed by atoms with van der Waals surface area (Å²) in [6.45, 7) is 1.89. The molecule has 0 spiro atoms. The summed E-state index contributed by atoms with van der Waals surface area (Å²) in [5.41, 5.74) is 1.05. The highest BCUT2D eigenvalue weighted by Gasteiger charge is 2.09. The van der Waals surface area contributed by atoms with Gasteiger partial charge < -0.3 is 20.0 Å². The minimum Gasteiger partial charge on any atom is -0.467 e. The molecule has 0 atom stereocenters. The van der Waals surface area contributed by atoms with E-state index in [0.717, 1.165) is 13.0 Å². The van der Waals surface area contributed by atoms with Gasteiger partial charge in [0.15, 0.2) is 0 Å². The first-order chi connectivity index (χ1) is 11.6. The quantitative estimate of drug-likeness (QED) is 0.725. The third kappa shape index (κ3) is 5.55. The Morgan fingerprint density at radius 1 is 1.00 bits per heavy atom. The lowest BCUT2D eigenvalue weighted by Gasteiger charge is -2.10. The molecule has 2 rings (SSSR count). The number of carbonyl (C=O) groups excluding carboxylic acids is 2. The van der Waals surface area contributed by atoms with Crippen molar-refractivity contribution in [3.63, 3.8) is 0 Å². The van der Waals surface area contributed by atoms with Crippen molar-refractivity contribution >= 4 is 11.8 Å². The number of hydrogen-bond acceptors (Lipinski definition) is 4. The molecule has 0 bridgehead atoms. The van der Waals surface area contributed by atoms with Gasteiger partial charge in [-0.3, -0.25) is 9.59 Å². The van der Waals surface area contributed by atoms with E-state index in [-0.39, 0.29) is 11.8 Å². The molecule has 2 N–H and O–H groups in total. The fourth-order valence-electron chi connectivity index (χ4n) is 2.15. The van der Waals surface area contributed by atoms with Gasteiger partial charge in [0.05, 0.1) is 12.8 Å². The van der Waals surface area contributed by atoms with E-state index in [0.29, 0.717) is 30.0 Å². The van der Waals surface area contributed by atoms with Gasteiger partial charge in [0.2, 0.25) is 0 Å². The largest absolute Gasteiger partial charge is 0.467 e. The average Bonchev–Trinajstić information content (AvgIpc) is 3.10. The van der Waals surface area contributed by atoms with E-state index in [1.807, 2.05) is 14.1 Å². The fourth-order valence-corrected chi connectivity index (χ4v) is 2.15. The maximum Gasteiger partial charge on any atom is 0.251 e. The van der Waals surface area contributed by atoms with Crippen molar-refractivity contribution in [2.45, 2.75) is 13.0 Å².